The molecule has 0 heterocycles. The number of halogens is 3. The highest BCUT2D eigenvalue weighted by molar-refractivity contribution is 5.96. The number of ether oxygens (including phenoxy) is 1. The Morgan fingerprint density at radius 3 is 2.19 bits per heavy atom. The van der Waals surface area contributed by atoms with Gasteiger partial charge in [-0.3, -0.25) is 4.79 Å². The predicted molar refractivity (Wildman–Crippen MR) is 91.7 cm³/mol. The fraction of sp³-hybridized carbons (Fsp3) is 0.263. The van der Waals surface area contributed by atoms with Crippen LogP contribution in [0.25, 0.3) is 0 Å². The molecule has 1 atom stereocenters. The van der Waals surface area contributed by atoms with Crippen molar-refractivity contribution in [2.45, 2.75) is 18.6 Å². The molecule has 2 aromatic carbocycles. The third kappa shape index (κ3) is 6.02. The Balaban J connectivity index is 2.08. The molecule has 0 aliphatic carbocycles. The van der Waals surface area contributed by atoms with E-state index in [1.54, 1.807) is 30.3 Å². The molecular formula is C19H18F3NO4. The summed E-state index contributed by atoms with van der Waals surface area (Å²) in [6.45, 7) is -1.43. The number of amides is 1. The maximum Gasteiger partial charge on any atom is 0.422 e. The van der Waals surface area contributed by atoms with E-state index in [1.807, 2.05) is 0 Å². The lowest BCUT2D eigenvalue weighted by Crippen LogP contribution is -2.43. The first kappa shape index (κ1) is 20.3. The Morgan fingerprint density at radius 1 is 1.07 bits per heavy atom. The van der Waals surface area contributed by atoms with Gasteiger partial charge < -0.3 is 14.7 Å². The molecule has 0 saturated carbocycles. The number of likely N-dealkylation sites (N-methyl/N-ethyl adjacent to an activating group) is 1. The van der Waals surface area contributed by atoms with Gasteiger partial charge in [0.05, 0.1) is 0 Å². The highest BCUT2D eigenvalue weighted by atomic mass is 19.4. The molecule has 0 saturated heterocycles. The molecule has 2 rings (SSSR count). The molecule has 5 nitrogen and oxygen atoms in total. The van der Waals surface area contributed by atoms with Gasteiger partial charge in [-0.1, -0.05) is 30.3 Å². The van der Waals surface area contributed by atoms with E-state index in [0.29, 0.717) is 0 Å². The normalized spacial score (nSPS) is 12.3. The molecule has 2 aromatic rings. The fourth-order valence-electron chi connectivity index (χ4n) is 2.43. The number of carboxylic acid groups (broad SMARTS) is 1. The molecule has 1 N–H and O–H groups in total. The number of hydrogen-bond donors (Lipinski definition) is 1. The fourth-order valence-corrected chi connectivity index (χ4v) is 2.43. The number of carbonyl (C=O) groups excluding carboxylic acids is 1. The van der Waals surface area contributed by atoms with Crippen LogP contribution in [0.1, 0.15) is 15.9 Å². The highest BCUT2D eigenvalue weighted by Gasteiger charge is 2.29. The van der Waals surface area contributed by atoms with E-state index in [-0.39, 0.29) is 17.7 Å². The number of carboxylic acids is 1. The first-order valence-electron chi connectivity index (χ1n) is 8.01. The third-order valence-electron chi connectivity index (χ3n) is 3.85. The standard InChI is InChI=1S/C19H18F3NO4/c1-23(16(18(25)26)11-13-5-3-2-4-6-13)17(24)14-7-9-15(10-8-14)27-12-19(20,21)22/h2-10,16H,11-12H2,1H3,(H,25,26). The van der Waals surface area contributed by atoms with E-state index in [0.717, 1.165) is 10.5 Å². The van der Waals surface area contributed by atoms with Crippen molar-refractivity contribution in [3.8, 4) is 5.75 Å². The second-order valence-electron chi connectivity index (χ2n) is 5.89. The van der Waals surface area contributed by atoms with Gasteiger partial charge in [-0.2, -0.15) is 13.2 Å². The highest BCUT2D eigenvalue weighted by Crippen LogP contribution is 2.20. The maximum atomic E-state index is 12.6. The van der Waals surface area contributed by atoms with Gasteiger partial charge >= 0.3 is 12.1 Å². The van der Waals surface area contributed by atoms with Gasteiger partial charge in [-0.15, -0.1) is 0 Å². The smallest absolute Gasteiger partial charge is 0.422 e. The molecule has 0 spiro atoms. The number of rotatable bonds is 7. The molecule has 27 heavy (non-hydrogen) atoms. The van der Waals surface area contributed by atoms with E-state index >= 15 is 0 Å². The Kier molecular flexibility index (Phi) is 6.44. The minimum Gasteiger partial charge on any atom is -0.484 e. The average Bonchev–Trinajstić information content (AvgIpc) is 2.64. The number of aliphatic carboxylic acids is 1. The molecule has 0 bridgehead atoms. The zero-order valence-electron chi connectivity index (χ0n) is 14.4. The molecule has 8 heteroatoms. The molecule has 1 unspecified atom stereocenters. The minimum atomic E-state index is -4.46. The predicted octanol–water partition coefficient (Wildman–Crippen LogP) is 3.40. The van der Waals surface area contributed by atoms with Gasteiger partial charge in [0.1, 0.15) is 11.8 Å². The largest absolute Gasteiger partial charge is 0.484 e. The average molecular weight is 381 g/mol. The first-order chi connectivity index (χ1) is 12.7. The van der Waals surface area contributed by atoms with Crippen LogP contribution in [-0.4, -0.2) is 47.8 Å². The van der Waals surface area contributed by atoms with Crippen molar-refractivity contribution in [1.29, 1.82) is 0 Å². The van der Waals surface area contributed by atoms with Gasteiger partial charge in [0.25, 0.3) is 5.91 Å². The second kappa shape index (κ2) is 8.57. The van der Waals surface area contributed by atoms with Crippen LogP contribution in [0.4, 0.5) is 13.2 Å². The molecule has 144 valence electrons. The lowest BCUT2D eigenvalue weighted by Gasteiger charge is -2.25. The number of hydrogen-bond acceptors (Lipinski definition) is 3. The van der Waals surface area contributed by atoms with Gasteiger partial charge in [0, 0.05) is 19.0 Å². The van der Waals surface area contributed by atoms with E-state index < -0.39 is 30.7 Å². The summed E-state index contributed by atoms with van der Waals surface area (Å²) < 4.78 is 41.1. The first-order valence-corrected chi connectivity index (χ1v) is 8.01. The van der Waals surface area contributed by atoms with Crippen LogP contribution in [0.15, 0.2) is 54.6 Å². The maximum absolute atomic E-state index is 12.6. The summed E-state index contributed by atoms with van der Waals surface area (Å²) >= 11 is 0. The van der Waals surface area contributed by atoms with Crippen molar-refractivity contribution in [2.75, 3.05) is 13.7 Å². The van der Waals surface area contributed by atoms with Gasteiger partial charge in [-0.25, -0.2) is 4.79 Å². The summed E-state index contributed by atoms with van der Waals surface area (Å²) in [6.07, 6.45) is -4.33. The summed E-state index contributed by atoms with van der Waals surface area (Å²) in [4.78, 5) is 25.2. The molecule has 0 aliphatic rings. The number of benzene rings is 2. The third-order valence-corrected chi connectivity index (χ3v) is 3.85. The quantitative estimate of drug-likeness (QED) is 0.798. The molecule has 0 aromatic heterocycles. The zero-order chi connectivity index (χ0) is 20.0. The Labute approximate surface area is 154 Å². The van der Waals surface area contributed by atoms with Crippen molar-refractivity contribution in [1.82, 2.24) is 4.90 Å². The summed E-state index contributed by atoms with van der Waals surface area (Å²) in [5, 5.41) is 9.47. The molecule has 0 aliphatic heterocycles. The van der Waals surface area contributed by atoms with E-state index in [4.69, 9.17) is 0 Å². The molecule has 0 radical (unpaired) electrons. The van der Waals surface area contributed by atoms with Crippen molar-refractivity contribution in [3.05, 3.63) is 65.7 Å². The van der Waals surface area contributed by atoms with Crippen LogP contribution in [0.2, 0.25) is 0 Å². The Hall–Kier alpha value is -3.03. The topological polar surface area (TPSA) is 66.8 Å². The van der Waals surface area contributed by atoms with Crippen LogP contribution < -0.4 is 4.74 Å². The monoisotopic (exact) mass is 381 g/mol. The second-order valence-corrected chi connectivity index (χ2v) is 5.89. The van der Waals surface area contributed by atoms with Crippen molar-refractivity contribution < 1.29 is 32.6 Å². The summed E-state index contributed by atoms with van der Waals surface area (Å²) in [5.74, 6) is -1.74. The van der Waals surface area contributed by atoms with Crippen molar-refractivity contribution in [3.63, 3.8) is 0 Å². The van der Waals surface area contributed by atoms with Gasteiger partial charge in [0.2, 0.25) is 0 Å². The summed E-state index contributed by atoms with van der Waals surface area (Å²) in [7, 11) is 1.37. The number of carbonyl (C=O) groups is 2. The van der Waals surface area contributed by atoms with Crippen LogP contribution >= 0.6 is 0 Å². The van der Waals surface area contributed by atoms with E-state index in [1.165, 1.54) is 31.3 Å². The zero-order valence-corrected chi connectivity index (χ0v) is 14.4. The van der Waals surface area contributed by atoms with Crippen molar-refractivity contribution in [2.24, 2.45) is 0 Å². The Bertz CT molecular complexity index is 776. The van der Waals surface area contributed by atoms with E-state index in [9.17, 15) is 27.9 Å². The lowest BCUT2D eigenvalue weighted by molar-refractivity contribution is -0.153. The van der Waals surface area contributed by atoms with Crippen LogP contribution in [0, 0.1) is 0 Å². The molecule has 0 fully saturated rings. The van der Waals surface area contributed by atoms with E-state index in [2.05, 4.69) is 4.74 Å². The number of nitrogens with zero attached hydrogens (tertiary/aromatic N) is 1. The SMILES string of the molecule is CN(C(=O)c1ccc(OCC(F)(F)F)cc1)C(Cc1ccccc1)C(=O)O. The minimum absolute atomic E-state index is 0.0365. The van der Waals surface area contributed by atoms with Crippen molar-refractivity contribution >= 4 is 11.9 Å². The number of alkyl halides is 3. The molecular weight excluding hydrogens is 363 g/mol. The van der Waals surface area contributed by atoms with Crippen LogP contribution in [0.3, 0.4) is 0 Å². The Morgan fingerprint density at radius 2 is 1.67 bits per heavy atom. The summed E-state index contributed by atoms with van der Waals surface area (Å²) in [5.41, 5.74) is 0.914. The van der Waals surface area contributed by atoms with Crippen LogP contribution in [0.5, 0.6) is 5.75 Å². The van der Waals surface area contributed by atoms with Crippen LogP contribution in [-0.2, 0) is 11.2 Å². The van der Waals surface area contributed by atoms with Gasteiger partial charge in [0.15, 0.2) is 6.61 Å². The summed E-state index contributed by atoms with van der Waals surface area (Å²) in [6, 6.07) is 12.9. The molecule has 1 amide bonds. The van der Waals surface area contributed by atoms with Gasteiger partial charge in [-0.05, 0) is 29.8 Å². The lowest BCUT2D eigenvalue weighted by atomic mass is 10.0.